The van der Waals surface area contributed by atoms with E-state index in [9.17, 15) is 4.79 Å². The SMILES string of the molecule is Cc1nc2ccccn2c1-c1ccnc(SCC(=O)c2ccc(Cl)cc2)n1. The Morgan fingerprint density at radius 2 is 1.93 bits per heavy atom. The normalized spacial score (nSPS) is 11.0. The number of imidazole rings is 1. The first-order valence-electron chi connectivity index (χ1n) is 8.30. The predicted molar refractivity (Wildman–Crippen MR) is 107 cm³/mol. The third kappa shape index (κ3) is 3.72. The maximum atomic E-state index is 12.3. The van der Waals surface area contributed by atoms with Crippen LogP contribution in [-0.4, -0.2) is 30.9 Å². The molecule has 0 saturated carbocycles. The first kappa shape index (κ1) is 17.7. The van der Waals surface area contributed by atoms with Crippen LogP contribution in [-0.2, 0) is 0 Å². The predicted octanol–water partition coefficient (Wildman–Crippen LogP) is 4.73. The quantitative estimate of drug-likeness (QED) is 0.278. The van der Waals surface area contributed by atoms with Crippen LogP contribution in [0.15, 0.2) is 66.1 Å². The van der Waals surface area contributed by atoms with Crippen LogP contribution in [0, 0.1) is 6.92 Å². The van der Waals surface area contributed by atoms with Gasteiger partial charge < -0.3 is 0 Å². The number of rotatable bonds is 5. The fourth-order valence-electron chi connectivity index (χ4n) is 2.81. The van der Waals surface area contributed by atoms with E-state index in [0.717, 1.165) is 22.7 Å². The Morgan fingerprint density at radius 3 is 2.74 bits per heavy atom. The molecule has 0 aliphatic heterocycles. The summed E-state index contributed by atoms with van der Waals surface area (Å²) in [5.41, 5.74) is 4.10. The highest BCUT2D eigenvalue weighted by molar-refractivity contribution is 7.99. The van der Waals surface area contributed by atoms with Gasteiger partial charge in [-0.15, -0.1) is 0 Å². The van der Waals surface area contributed by atoms with E-state index in [0.29, 0.717) is 15.7 Å². The molecule has 0 amide bonds. The van der Waals surface area contributed by atoms with Gasteiger partial charge in [-0.1, -0.05) is 29.4 Å². The van der Waals surface area contributed by atoms with Crippen LogP contribution in [0.3, 0.4) is 0 Å². The zero-order valence-corrected chi connectivity index (χ0v) is 16.0. The summed E-state index contributed by atoms with van der Waals surface area (Å²) in [5.74, 6) is 0.272. The molecule has 4 aromatic rings. The maximum Gasteiger partial charge on any atom is 0.188 e. The summed E-state index contributed by atoms with van der Waals surface area (Å²) < 4.78 is 2.00. The Morgan fingerprint density at radius 1 is 1.11 bits per heavy atom. The Kier molecular flexibility index (Phi) is 4.92. The van der Waals surface area contributed by atoms with Crippen molar-refractivity contribution in [1.82, 2.24) is 19.4 Å². The van der Waals surface area contributed by atoms with Crippen molar-refractivity contribution in [2.75, 3.05) is 5.75 Å². The number of halogens is 1. The van der Waals surface area contributed by atoms with Gasteiger partial charge in [0.2, 0.25) is 0 Å². The lowest BCUT2D eigenvalue weighted by atomic mass is 10.1. The smallest absolute Gasteiger partial charge is 0.188 e. The number of benzene rings is 1. The van der Waals surface area contributed by atoms with E-state index in [4.69, 9.17) is 11.6 Å². The van der Waals surface area contributed by atoms with E-state index >= 15 is 0 Å². The molecule has 0 N–H and O–H groups in total. The summed E-state index contributed by atoms with van der Waals surface area (Å²) in [6.45, 7) is 1.96. The standard InChI is InChI=1S/C20H15ClN4OS/c1-13-19(25-11-3-2-4-18(25)23-13)16-9-10-22-20(24-16)27-12-17(26)14-5-7-15(21)8-6-14/h2-11H,12H2,1H3. The summed E-state index contributed by atoms with van der Waals surface area (Å²) in [7, 11) is 0. The van der Waals surface area contributed by atoms with Crippen LogP contribution >= 0.6 is 23.4 Å². The van der Waals surface area contributed by atoms with Crippen molar-refractivity contribution in [2.45, 2.75) is 12.1 Å². The van der Waals surface area contributed by atoms with E-state index < -0.39 is 0 Å². The van der Waals surface area contributed by atoms with Gasteiger partial charge in [0.15, 0.2) is 10.9 Å². The van der Waals surface area contributed by atoms with E-state index in [1.54, 1.807) is 30.5 Å². The van der Waals surface area contributed by atoms with Crippen molar-refractivity contribution < 1.29 is 4.79 Å². The summed E-state index contributed by atoms with van der Waals surface area (Å²) in [5, 5.41) is 1.17. The number of aryl methyl sites for hydroxylation is 1. The highest BCUT2D eigenvalue weighted by atomic mass is 35.5. The number of hydrogen-bond acceptors (Lipinski definition) is 5. The molecule has 1 aromatic carbocycles. The summed E-state index contributed by atoms with van der Waals surface area (Å²) in [6, 6.07) is 14.6. The first-order chi connectivity index (χ1) is 13.1. The van der Waals surface area contributed by atoms with Gasteiger partial charge in [-0.2, -0.15) is 0 Å². The number of fused-ring (bicyclic) bond motifs is 1. The largest absolute Gasteiger partial charge is 0.298 e. The Balaban J connectivity index is 1.57. The number of Topliss-reactive ketones (excluding diaryl/α,β-unsaturated/α-hetero) is 1. The monoisotopic (exact) mass is 394 g/mol. The molecule has 7 heteroatoms. The zero-order chi connectivity index (χ0) is 18.8. The van der Waals surface area contributed by atoms with Gasteiger partial charge in [0.05, 0.1) is 22.8 Å². The molecule has 3 heterocycles. The fraction of sp³-hybridized carbons (Fsp3) is 0.100. The van der Waals surface area contributed by atoms with E-state index in [1.165, 1.54) is 11.8 Å². The van der Waals surface area contributed by atoms with Gasteiger partial charge in [0, 0.05) is 23.0 Å². The van der Waals surface area contributed by atoms with Crippen LogP contribution < -0.4 is 0 Å². The molecule has 0 unspecified atom stereocenters. The minimum atomic E-state index is 0.0108. The second kappa shape index (κ2) is 7.50. The lowest BCUT2D eigenvalue weighted by Gasteiger charge is -2.05. The minimum Gasteiger partial charge on any atom is -0.298 e. The van der Waals surface area contributed by atoms with E-state index in [2.05, 4.69) is 15.0 Å². The van der Waals surface area contributed by atoms with Crippen molar-refractivity contribution in [3.63, 3.8) is 0 Å². The number of thioether (sulfide) groups is 1. The number of nitrogens with zero attached hydrogens (tertiary/aromatic N) is 4. The fourth-order valence-corrected chi connectivity index (χ4v) is 3.66. The average Bonchev–Trinajstić information content (AvgIpc) is 3.02. The van der Waals surface area contributed by atoms with Gasteiger partial charge in [-0.3, -0.25) is 9.20 Å². The Hall–Kier alpha value is -2.70. The molecule has 27 heavy (non-hydrogen) atoms. The van der Waals surface area contributed by atoms with Crippen LogP contribution in [0.25, 0.3) is 17.0 Å². The summed E-state index contributed by atoms with van der Waals surface area (Å²) in [4.78, 5) is 25.8. The van der Waals surface area contributed by atoms with Gasteiger partial charge in [0.25, 0.3) is 0 Å². The van der Waals surface area contributed by atoms with Crippen molar-refractivity contribution in [3.05, 3.63) is 77.2 Å². The summed E-state index contributed by atoms with van der Waals surface area (Å²) in [6.07, 6.45) is 3.67. The molecule has 0 aliphatic carbocycles. The summed E-state index contributed by atoms with van der Waals surface area (Å²) >= 11 is 7.18. The van der Waals surface area contributed by atoms with Crippen molar-refractivity contribution >= 4 is 34.8 Å². The molecule has 134 valence electrons. The second-order valence-corrected chi connectivity index (χ2v) is 7.30. The van der Waals surface area contributed by atoms with Gasteiger partial charge in [-0.05, 0) is 49.4 Å². The molecule has 0 spiro atoms. The molecule has 5 nitrogen and oxygen atoms in total. The maximum absolute atomic E-state index is 12.3. The minimum absolute atomic E-state index is 0.0108. The van der Waals surface area contributed by atoms with Gasteiger partial charge >= 0.3 is 0 Å². The lowest BCUT2D eigenvalue weighted by Crippen LogP contribution is -2.03. The van der Waals surface area contributed by atoms with Gasteiger partial charge in [-0.25, -0.2) is 15.0 Å². The highest BCUT2D eigenvalue weighted by Crippen LogP contribution is 2.25. The number of aromatic nitrogens is 4. The molecule has 0 atom stereocenters. The molecular formula is C20H15ClN4OS. The highest BCUT2D eigenvalue weighted by Gasteiger charge is 2.14. The molecule has 0 fully saturated rings. The molecule has 0 aliphatic rings. The topological polar surface area (TPSA) is 60.2 Å². The number of hydrogen-bond donors (Lipinski definition) is 0. The van der Waals surface area contributed by atoms with Crippen LogP contribution in [0.2, 0.25) is 5.02 Å². The zero-order valence-electron chi connectivity index (χ0n) is 14.5. The van der Waals surface area contributed by atoms with Crippen molar-refractivity contribution in [3.8, 4) is 11.4 Å². The Labute approximate surface area is 165 Å². The molecule has 0 radical (unpaired) electrons. The van der Waals surface area contributed by atoms with Crippen LogP contribution in [0.1, 0.15) is 16.1 Å². The van der Waals surface area contributed by atoms with Crippen LogP contribution in [0.5, 0.6) is 0 Å². The molecule has 4 rings (SSSR count). The van der Waals surface area contributed by atoms with E-state index in [-0.39, 0.29) is 11.5 Å². The molecular weight excluding hydrogens is 380 g/mol. The lowest BCUT2D eigenvalue weighted by molar-refractivity contribution is 0.102. The van der Waals surface area contributed by atoms with Crippen LogP contribution in [0.4, 0.5) is 0 Å². The number of pyridine rings is 1. The molecule has 3 aromatic heterocycles. The number of ketones is 1. The second-order valence-electron chi connectivity index (χ2n) is 5.92. The third-order valence-electron chi connectivity index (χ3n) is 4.08. The molecule has 0 saturated heterocycles. The van der Waals surface area contributed by atoms with Gasteiger partial charge in [0.1, 0.15) is 5.65 Å². The number of carbonyl (C=O) groups is 1. The first-order valence-corrected chi connectivity index (χ1v) is 9.67. The van der Waals surface area contributed by atoms with Crippen molar-refractivity contribution in [2.24, 2.45) is 0 Å². The average molecular weight is 395 g/mol. The van der Waals surface area contributed by atoms with E-state index in [1.807, 2.05) is 41.8 Å². The third-order valence-corrected chi connectivity index (χ3v) is 5.19. The number of carbonyl (C=O) groups excluding carboxylic acids is 1. The molecule has 0 bridgehead atoms. The van der Waals surface area contributed by atoms with Crippen molar-refractivity contribution in [1.29, 1.82) is 0 Å². The Bertz CT molecular complexity index is 1120.